The van der Waals surface area contributed by atoms with Crippen molar-refractivity contribution >= 4 is 39.8 Å². The van der Waals surface area contributed by atoms with Crippen LogP contribution in [0, 0.1) is 0 Å². The molecule has 2 heterocycles. The predicted molar refractivity (Wildman–Crippen MR) is 130 cm³/mol. The van der Waals surface area contributed by atoms with Crippen LogP contribution in [0.15, 0.2) is 63.0 Å². The minimum absolute atomic E-state index is 0. The van der Waals surface area contributed by atoms with Crippen molar-refractivity contribution in [2.24, 2.45) is 4.99 Å². The van der Waals surface area contributed by atoms with E-state index in [1.54, 1.807) is 37.6 Å². The van der Waals surface area contributed by atoms with Crippen LogP contribution in [-0.4, -0.2) is 58.3 Å². The van der Waals surface area contributed by atoms with Crippen LogP contribution in [0.1, 0.15) is 31.1 Å². The molecule has 1 aliphatic heterocycles. The standard InChI is InChI=1S/C21H30N4O3S.HI/c1-22-21(23-12-8-16-29(26,27)18-9-3-2-4-10-18)24-17-19(20-11-7-15-28-20)25-13-5-6-14-25;/h2-4,7,9-11,15,19H,5-6,8,12-14,16-17H2,1H3,(H2,22,23,24);1H. The van der Waals surface area contributed by atoms with E-state index in [4.69, 9.17) is 4.42 Å². The lowest BCUT2D eigenvalue weighted by atomic mass is 10.2. The first-order chi connectivity index (χ1) is 14.1. The second-order valence-corrected chi connectivity index (χ2v) is 9.25. The molecule has 1 aromatic heterocycles. The van der Waals surface area contributed by atoms with E-state index in [-0.39, 0.29) is 35.8 Å². The highest BCUT2D eigenvalue weighted by molar-refractivity contribution is 14.0. The molecule has 1 saturated heterocycles. The van der Waals surface area contributed by atoms with E-state index in [0.717, 1.165) is 18.8 Å². The van der Waals surface area contributed by atoms with Crippen molar-refractivity contribution in [2.45, 2.75) is 30.2 Å². The minimum Gasteiger partial charge on any atom is -0.468 e. The molecule has 2 aromatic rings. The van der Waals surface area contributed by atoms with Gasteiger partial charge in [-0.1, -0.05) is 18.2 Å². The van der Waals surface area contributed by atoms with E-state index in [9.17, 15) is 8.42 Å². The fourth-order valence-corrected chi connectivity index (χ4v) is 4.90. The molecule has 166 valence electrons. The summed E-state index contributed by atoms with van der Waals surface area (Å²) in [7, 11) is -1.53. The summed E-state index contributed by atoms with van der Waals surface area (Å²) in [4.78, 5) is 7.05. The number of halogens is 1. The number of sulfone groups is 1. The number of nitrogens with zero attached hydrogens (tertiary/aromatic N) is 2. The Labute approximate surface area is 196 Å². The van der Waals surface area contributed by atoms with Crippen molar-refractivity contribution in [3.05, 3.63) is 54.5 Å². The van der Waals surface area contributed by atoms with Gasteiger partial charge in [-0.3, -0.25) is 9.89 Å². The fourth-order valence-electron chi connectivity index (χ4n) is 3.57. The Morgan fingerprint density at radius 1 is 1.13 bits per heavy atom. The molecule has 7 nitrogen and oxygen atoms in total. The second-order valence-electron chi connectivity index (χ2n) is 7.14. The summed E-state index contributed by atoms with van der Waals surface area (Å²) < 4.78 is 30.3. The summed E-state index contributed by atoms with van der Waals surface area (Å²) in [6.45, 7) is 3.34. The number of likely N-dealkylation sites (tertiary alicyclic amines) is 1. The van der Waals surface area contributed by atoms with E-state index < -0.39 is 9.84 Å². The van der Waals surface area contributed by atoms with Gasteiger partial charge in [-0.25, -0.2) is 8.42 Å². The zero-order chi connectivity index (χ0) is 20.5. The SMILES string of the molecule is CN=C(NCCCS(=O)(=O)c1ccccc1)NCC(c1ccco1)N1CCCC1.I. The summed E-state index contributed by atoms with van der Waals surface area (Å²) in [6, 6.07) is 12.7. The molecule has 1 atom stereocenters. The Morgan fingerprint density at radius 3 is 2.50 bits per heavy atom. The Kier molecular flexibility index (Phi) is 10.1. The van der Waals surface area contributed by atoms with Crippen LogP contribution >= 0.6 is 24.0 Å². The number of hydrogen-bond donors (Lipinski definition) is 2. The van der Waals surface area contributed by atoms with Gasteiger partial charge in [0, 0.05) is 20.1 Å². The van der Waals surface area contributed by atoms with E-state index in [0.29, 0.717) is 30.4 Å². The number of rotatable bonds is 9. The van der Waals surface area contributed by atoms with Crippen LogP contribution < -0.4 is 10.6 Å². The van der Waals surface area contributed by atoms with Crippen LogP contribution in [0.25, 0.3) is 0 Å². The summed E-state index contributed by atoms with van der Waals surface area (Å²) in [6.07, 6.45) is 4.63. The third-order valence-electron chi connectivity index (χ3n) is 5.12. The highest BCUT2D eigenvalue weighted by Gasteiger charge is 2.25. The first-order valence-electron chi connectivity index (χ1n) is 10.1. The van der Waals surface area contributed by atoms with Crippen LogP contribution in [0.3, 0.4) is 0 Å². The topological polar surface area (TPSA) is 86.9 Å². The third-order valence-corrected chi connectivity index (χ3v) is 6.94. The maximum atomic E-state index is 12.4. The van der Waals surface area contributed by atoms with Crippen molar-refractivity contribution in [1.82, 2.24) is 15.5 Å². The van der Waals surface area contributed by atoms with Gasteiger partial charge in [0.25, 0.3) is 0 Å². The zero-order valence-electron chi connectivity index (χ0n) is 17.3. The molecular weight excluding hydrogens is 515 g/mol. The van der Waals surface area contributed by atoms with E-state index in [1.165, 1.54) is 12.8 Å². The molecule has 1 fully saturated rings. The lowest BCUT2D eigenvalue weighted by Gasteiger charge is -2.26. The number of aliphatic imine (C=N–C) groups is 1. The molecule has 1 aromatic carbocycles. The normalized spacial score (nSPS) is 16.1. The zero-order valence-corrected chi connectivity index (χ0v) is 20.4. The molecule has 30 heavy (non-hydrogen) atoms. The number of nitrogens with one attached hydrogen (secondary N) is 2. The maximum Gasteiger partial charge on any atom is 0.191 e. The monoisotopic (exact) mass is 546 g/mol. The predicted octanol–water partition coefficient (Wildman–Crippen LogP) is 3.06. The molecule has 0 bridgehead atoms. The molecule has 1 unspecified atom stereocenters. The summed E-state index contributed by atoms with van der Waals surface area (Å²) in [5.74, 6) is 1.71. The van der Waals surface area contributed by atoms with E-state index >= 15 is 0 Å². The van der Waals surface area contributed by atoms with Crippen molar-refractivity contribution in [1.29, 1.82) is 0 Å². The maximum absolute atomic E-state index is 12.4. The summed E-state index contributed by atoms with van der Waals surface area (Å²) in [5, 5.41) is 6.56. The van der Waals surface area contributed by atoms with Gasteiger partial charge >= 0.3 is 0 Å². The van der Waals surface area contributed by atoms with E-state index in [2.05, 4.69) is 20.5 Å². The van der Waals surface area contributed by atoms with Crippen molar-refractivity contribution in [3.63, 3.8) is 0 Å². The van der Waals surface area contributed by atoms with Gasteiger partial charge in [0.05, 0.1) is 23.0 Å². The lowest BCUT2D eigenvalue weighted by molar-refractivity contribution is 0.215. The summed E-state index contributed by atoms with van der Waals surface area (Å²) in [5.41, 5.74) is 0. The average molecular weight is 546 g/mol. The number of guanidine groups is 1. The number of benzene rings is 1. The Hall–Kier alpha value is -1.59. The van der Waals surface area contributed by atoms with Gasteiger partial charge < -0.3 is 15.1 Å². The van der Waals surface area contributed by atoms with Gasteiger partial charge in [0.2, 0.25) is 0 Å². The van der Waals surface area contributed by atoms with Crippen LogP contribution in [-0.2, 0) is 9.84 Å². The summed E-state index contributed by atoms with van der Waals surface area (Å²) >= 11 is 0. The van der Waals surface area contributed by atoms with Crippen molar-refractivity contribution < 1.29 is 12.8 Å². The van der Waals surface area contributed by atoms with Crippen LogP contribution in [0.2, 0.25) is 0 Å². The van der Waals surface area contributed by atoms with Gasteiger partial charge in [-0.2, -0.15) is 0 Å². The Balaban J connectivity index is 0.00000320. The Bertz CT molecular complexity index is 867. The molecule has 1 aliphatic rings. The van der Waals surface area contributed by atoms with Crippen LogP contribution in [0.5, 0.6) is 0 Å². The van der Waals surface area contributed by atoms with Crippen molar-refractivity contribution in [2.75, 3.05) is 39.0 Å². The number of furan rings is 1. The molecule has 0 radical (unpaired) electrons. The molecular formula is C21H31IN4O3S. The Morgan fingerprint density at radius 2 is 1.87 bits per heavy atom. The number of hydrogen-bond acceptors (Lipinski definition) is 5. The molecule has 0 amide bonds. The molecule has 3 rings (SSSR count). The van der Waals surface area contributed by atoms with Crippen molar-refractivity contribution in [3.8, 4) is 0 Å². The first kappa shape index (κ1) is 24.7. The first-order valence-corrected chi connectivity index (χ1v) is 11.7. The highest BCUT2D eigenvalue weighted by atomic mass is 127. The minimum atomic E-state index is -3.25. The van der Waals surface area contributed by atoms with Gasteiger partial charge in [0.15, 0.2) is 15.8 Å². The van der Waals surface area contributed by atoms with Crippen LogP contribution in [0.4, 0.5) is 0 Å². The smallest absolute Gasteiger partial charge is 0.191 e. The molecule has 0 saturated carbocycles. The molecule has 0 aliphatic carbocycles. The highest BCUT2D eigenvalue weighted by Crippen LogP contribution is 2.24. The molecule has 0 spiro atoms. The molecule has 2 N–H and O–H groups in total. The molecule has 9 heteroatoms. The largest absolute Gasteiger partial charge is 0.468 e. The van der Waals surface area contributed by atoms with E-state index in [1.807, 2.05) is 18.2 Å². The lowest BCUT2D eigenvalue weighted by Crippen LogP contribution is -2.43. The average Bonchev–Trinajstić information content (AvgIpc) is 3.45. The quantitative estimate of drug-likeness (QED) is 0.218. The second kappa shape index (κ2) is 12.3. The van der Waals surface area contributed by atoms with Gasteiger partial charge in [-0.15, -0.1) is 24.0 Å². The fraction of sp³-hybridized carbons (Fsp3) is 0.476. The third kappa shape index (κ3) is 6.98. The van der Waals surface area contributed by atoms with Gasteiger partial charge in [-0.05, 0) is 56.6 Å². The van der Waals surface area contributed by atoms with Gasteiger partial charge in [0.1, 0.15) is 5.76 Å².